The van der Waals surface area contributed by atoms with Crippen LogP contribution < -0.4 is 5.32 Å². The minimum atomic E-state index is -0.291. The Bertz CT molecular complexity index is 552. The minimum Gasteiger partial charge on any atom is -0.462 e. The van der Waals surface area contributed by atoms with Gasteiger partial charge in [-0.25, -0.2) is 4.79 Å². The van der Waals surface area contributed by atoms with E-state index in [1.54, 1.807) is 31.5 Å². The van der Waals surface area contributed by atoms with Crippen LogP contribution in [0.2, 0.25) is 0 Å². The van der Waals surface area contributed by atoms with E-state index in [1.165, 1.54) is 0 Å². The lowest BCUT2D eigenvalue weighted by molar-refractivity contribution is 0.0526. The summed E-state index contributed by atoms with van der Waals surface area (Å²) in [6.07, 6.45) is 3.55. The fourth-order valence-electron chi connectivity index (χ4n) is 1.90. The molecule has 104 valence electrons. The summed E-state index contributed by atoms with van der Waals surface area (Å²) in [4.78, 5) is 15.6. The van der Waals surface area contributed by atoms with Crippen molar-refractivity contribution in [2.45, 2.75) is 19.9 Å². The number of hydrogen-bond acceptors (Lipinski definition) is 4. The van der Waals surface area contributed by atoms with Crippen LogP contribution in [-0.2, 0) is 4.74 Å². The molecule has 0 fully saturated rings. The lowest BCUT2D eigenvalue weighted by Gasteiger charge is -2.15. The first-order valence-electron chi connectivity index (χ1n) is 6.64. The number of hydrogen-bond donors (Lipinski definition) is 1. The third-order valence-corrected chi connectivity index (χ3v) is 2.99. The predicted molar refractivity (Wildman–Crippen MR) is 78.7 cm³/mol. The first-order chi connectivity index (χ1) is 9.70. The second-order valence-corrected chi connectivity index (χ2v) is 4.44. The number of esters is 1. The molecule has 0 saturated carbocycles. The summed E-state index contributed by atoms with van der Waals surface area (Å²) in [7, 11) is 0. The van der Waals surface area contributed by atoms with Crippen LogP contribution in [0, 0.1) is 0 Å². The Hall–Kier alpha value is -2.36. The van der Waals surface area contributed by atoms with Crippen molar-refractivity contribution >= 4 is 11.7 Å². The smallest absolute Gasteiger partial charge is 0.338 e. The van der Waals surface area contributed by atoms with Crippen LogP contribution in [0.25, 0.3) is 0 Å². The molecule has 1 aromatic carbocycles. The average Bonchev–Trinajstić information content (AvgIpc) is 2.49. The van der Waals surface area contributed by atoms with Crippen molar-refractivity contribution in [2.75, 3.05) is 11.9 Å². The van der Waals surface area contributed by atoms with E-state index in [4.69, 9.17) is 4.74 Å². The van der Waals surface area contributed by atoms with Gasteiger partial charge in [0.1, 0.15) is 0 Å². The molecule has 0 radical (unpaired) electrons. The Morgan fingerprint density at radius 2 is 1.85 bits per heavy atom. The van der Waals surface area contributed by atoms with Crippen molar-refractivity contribution in [3.8, 4) is 0 Å². The van der Waals surface area contributed by atoms with Gasteiger partial charge in [0.25, 0.3) is 0 Å². The maximum Gasteiger partial charge on any atom is 0.338 e. The highest BCUT2D eigenvalue weighted by atomic mass is 16.5. The lowest BCUT2D eigenvalue weighted by Crippen LogP contribution is -2.08. The number of benzene rings is 1. The van der Waals surface area contributed by atoms with Gasteiger partial charge in [-0.05, 0) is 55.8 Å². The number of carbonyl (C=O) groups is 1. The number of nitrogens with zero attached hydrogens (tertiary/aromatic N) is 1. The van der Waals surface area contributed by atoms with E-state index in [2.05, 4.69) is 17.2 Å². The van der Waals surface area contributed by atoms with Crippen LogP contribution in [0.5, 0.6) is 0 Å². The van der Waals surface area contributed by atoms with Crippen LogP contribution in [-0.4, -0.2) is 17.6 Å². The summed E-state index contributed by atoms with van der Waals surface area (Å²) in [6, 6.07) is 11.4. The Balaban J connectivity index is 2.02. The molecular formula is C16H18N2O2. The molecule has 1 N–H and O–H groups in total. The zero-order chi connectivity index (χ0) is 14.4. The Labute approximate surface area is 118 Å². The normalized spacial score (nSPS) is 11.7. The molecule has 20 heavy (non-hydrogen) atoms. The monoisotopic (exact) mass is 270 g/mol. The summed E-state index contributed by atoms with van der Waals surface area (Å²) < 4.78 is 4.95. The molecule has 0 aliphatic heterocycles. The summed E-state index contributed by atoms with van der Waals surface area (Å²) >= 11 is 0. The van der Waals surface area contributed by atoms with Crippen molar-refractivity contribution in [3.05, 3.63) is 59.9 Å². The third-order valence-electron chi connectivity index (χ3n) is 2.99. The van der Waals surface area contributed by atoms with Crippen molar-refractivity contribution in [1.29, 1.82) is 0 Å². The van der Waals surface area contributed by atoms with Crippen molar-refractivity contribution in [3.63, 3.8) is 0 Å². The zero-order valence-corrected chi connectivity index (χ0v) is 11.7. The van der Waals surface area contributed by atoms with Crippen LogP contribution in [0.1, 0.15) is 35.8 Å². The molecule has 1 unspecified atom stereocenters. The van der Waals surface area contributed by atoms with Gasteiger partial charge in [-0.3, -0.25) is 4.98 Å². The van der Waals surface area contributed by atoms with Gasteiger partial charge in [-0.1, -0.05) is 0 Å². The number of carbonyl (C=O) groups excluding carboxylic acids is 1. The van der Waals surface area contributed by atoms with Crippen LogP contribution in [0.4, 0.5) is 5.69 Å². The molecular weight excluding hydrogens is 252 g/mol. The Morgan fingerprint density at radius 1 is 1.20 bits per heavy atom. The molecule has 4 heteroatoms. The summed E-state index contributed by atoms with van der Waals surface area (Å²) in [6.45, 7) is 4.26. The van der Waals surface area contributed by atoms with Gasteiger partial charge < -0.3 is 10.1 Å². The molecule has 1 atom stereocenters. The quantitative estimate of drug-likeness (QED) is 0.846. The Kier molecular flexibility index (Phi) is 4.71. The maximum absolute atomic E-state index is 11.6. The third kappa shape index (κ3) is 3.57. The van der Waals surface area contributed by atoms with Gasteiger partial charge in [0.2, 0.25) is 0 Å². The molecule has 0 aliphatic carbocycles. The molecule has 1 aromatic heterocycles. The van der Waals surface area contributed by atoms with Crippen molar-refractivity contribution < 1.29 is 9.53 Å². The number of ether oxygens (including phenoxy) is 1. The highest BCUT2D eigenvalue weighted by Gasteiger charge is 2.07. The SMILES string of the molecule is CCOC(=O)c1ccc(NC(C)c2ccncc2)cc1. The number of nitrogens with one attached hydrogen (secondary N) is 1. The fourth-order valence-corrected chi connectivity index (χ4v) is 1.90. The Morgan fingerprint density at radius 3 is 2.45 bits per heavy atom. The summed E-state index contributed by atoms with van der Waals surface area (Å²) in [5, 5.41) is 3.38. The van der Waals surface area contributed by atoms with E-state index in [1.807, 2.05) is 24.3 Å². The molecule has 0 bridgehead atoms. The molecule has 2 aromatic rings. The first-order valence-corrected chi connectivity index (χ1v) is 6.64. The van der Waals surface area contributed by atoms with E-state index in [-0.39, 0.29) is 12.0 Å². The molecule has 1 heterocycles. The second-order valence-electron chi connectivity index (χ2n) is 4.44. The van der Waals surface area contributed by atoms with E-state index in [9.17, 15) is 4.79 Å². The molecule has 4 nitrogen and oxygen atoms in total. The lowest BCUT2D eigenvalue weighted by atomic mass is 10.1. The molecule has 0 saturated heterocycles. The zero-order valence-electron chi connectivity index (χ0n) is 11.7. The second kappa shape index (κ2) is 6.70. The number of rotatable bonds is 5. The minimum absolute atomic E-state index is 0.173. The van der Waals surface area contributed by atoms with Crippen LogP contribution in [0.3, 0.4) is 0 Å². The van der Waals surface area contributed by atoms with Gasteiger partial charge >= 0.3 is 5.97 Å². The molecule has 0 spiro atoms. The maximum atomic E-state index is 11.6. The highest BCUT2D eigenvalue weighted by molar-refractivity contribution is 5.89. The van der Waals surface area contributed by atoms with Gasteiger partial charge in [0.05, 0.1) is 12.2 Å². The number of pyridine rings is 1. The summed E-state index contributed by atoms with van der Waals surface area (Å²) in [5.74, 6) is -0.291. The number of anilines is 1. The van der Waals surface area contributed by atoms with Gasteiger partial charge in [0, 0.05) is 24.1 Å². The van der Waals surface area contributed by atoms with E-state index < -0.39 is 0 Å². The van der Waals surface area contributed by atoms with Gasteiger partial charge in [0.15, 0.2) is 0 Å². The number of aromatic nitrogens is 1. The van der Waals surface area contributed by atoms with Crippen molar-refractivity contribution in [2.24, 2.45) is 0 Å². The van der Waals surface area contributed by atoms with E-state index in [0.717, 1.165) is 11.3 Å². The molecule has 0 aliphatic rings. The average molecular weight is 270 g/mol. The topological polar surface area (TPSA) is 51.2 Å². The first kappa shape index (κ1) is 14.1. The molecule has 2 rings (SSSR count). The fraction of sp³-hybridized carbons (Fsp3) is 0.250. The predicted octanol–water partition coefficient (Wildman–Crippen LogP) is 3.43. The standard InChI is InChI=1S/C16H18N2O2/c1-3-20-16(19)14-4-6-15(7-5-14)18-12(2)13-8-10-17-11-9-13/h4-12,18H,3H2,1-2H3. The van der Waals surface area contributed by atoms with Crippen LogP contribution >= 0.6 is 0 Å². The van der Waals surface area contributed by atoms with E-state index in [0.29, 0.717) is 12.2 Å². The highest BCUT2D eigenvalue weighted by Crippen LogP contribution is 2.19. The summed E-state index contributed by atoms with van der Waals surface area (Å²) in [5.41, 5.74) is 2.69. The largest absolute Gasteiger partial charge is 0.462 e. The van der Waals surface area contributed by atoms with Crippen LogP contribution in [0.15, 0.2) is 48.8 Å². The van der Waals surface area contributed by atoms with Crippen molar-refractivity contribution in [1.82, 2.24) is 4.98 Å². The molecule has 0 amide bonds. The van der Waals surface area contributed by atoms with Gasteiger partial charge in [-0.15, -0.1) is 0 Å². The van der Waals surface area contributed by atoms with E-state index >= 15 is 0 Å². The van der Waals surface area contributed by atoms with Gasteiger partial charge in [-0.2, -0.15) is 0 Å².